The number of ether oxygens (including phenoxy) is 3. The van der Waals surface area contributed by atoms with Gasteiger partial charge < -0.3 is 83.7 Å². The second kappa shape index (κ2) is 14.3. The highest BCUT2D eigenvalue weighted by Gasteiger charge is 2.61. The van der Waals surface area contributed by atoms with Crippen LogP contribution in [0.2, 0.25) is 0 Å². The van der Waals surface area contributed by atoms with Gasteiger partial charge in [-0.15, -0.1) is 0 Å². The molecule has 0 bridgehead atoms. The molecule has 4 rings (SSSR count). The Morgan fingerprint density at radius 1 is 1.22 bits per heavy atom. The number of aliphatic imine (C=N–C) groups is 1. The van der Waals surface area contributed by atoms with Crippen molar-refractivity contribution < 1.29 is 49.6 Å². The van der Waals surface area contributed by atoms with E-state index >= 15 is 0 Å². The molecule has 14 unspecified atom stereocenters. The van der Waals surface area contributed by atoms with Crippen molar-refractivity contribution in [2.45, 2.75) is 104 Å². The first-order chi connectivity index (χ1) is 21.1. The predicted molar refractivity (Wildman–Crippen MR) is 159 cm³/mol. The molecular formula is C27H50N8O10. The largest absolute Gasteiger partial charge is 0.492 e. The predicted octanol–water partition coefficient (Wildman–Crippen LogP) is -6.66. The number of hydrogen-bond acceptors (Lipinski definition) is 15. The topological polar surface area (TPSA) is 319 Å². The molecule has 0 aromatic heterocycles. The first-order valence-corrected chi connectivity index (χ1v) is 15.1. The molecular weight excluding hydrogens is 596 g/mol. The highest BCUT2D eigenvalue weighted by atomic mass is 16.7. The van der Waals surface area contributed by atoms with Crippen LogP contribution in [0.1, 0.15) is 26.2 Å². The molecule has 2 aliphatic heterocycles. The maximum Gasteiger partial charge on any atom is 0.254 e. The van der Waals surface area contributed by atoms with Crippen molar-refractivity contribution in [3.05, 3.63) is 11.8 Å². The van der Waals surface area contributed by atoms with Crippen molar-refractivity contribution in [2.75, 3.05) is 33.4 Å². The highest BCUT2D eigenvalue weighted by molar-refractivity contribution is 5.90. The van der Waals surface area contributed by atoms with Crippen molar-refractivity contribution in [1.29, 1.82) is 0 Å². The minimum atomic E-state index is -1.87. The van der Waals surface area contributed by atoms with Gasteiger partial charge in [-0.1, -0.05) is 0 Å². The Balaban J connectivity index is 1.55. The first-order valence-electron chi connectivity index (χ1n) is 15.1. The molecule has 258 valence electrons. The van der Waals surface area contributed by atoms with Crippen LogP contribution in [0.5, 0.6) is 0 Å². The monoisotopic (exact) mass is 646 g/mol. The van der Waals surface area contributed by atoms with E-state index in [-0.39, 0.29) is 38.5 Å². The molecule has 0 spiro atoms. The number of nitrogens with two attached hydrogens (primary N) is 4. The molecule has 17 N–H and O–H groups in total. The molecule has 2 heterocycles. The number of carbonyl (C=O) groups excluding carboxylic acids is 1. The molecule has 0 aromatic carbocycles. The Kier molecular flexibility index (Phi) is 11.3. The van der Waals surface area contributed by atoms with E-state index in [1.54, 1.807) is 13.1 Å². The fourth-order valence-corrected chi connectivity index (χ4v) is 6.49. The van der Waals surface area contributed by atoms with Gasteiger partial charge in [0.25, 0.3) is 5.91 Å². The lowest BCUT2D eigenvalue weighted by molar-refractivity contribution is -0.297. The average molecular weight is 647 g/mol. The molecule has 2 saturated carbocycles. The van der Waals surface area contributed by atoms with Gasteiger partial charge in [0.1, 0.15) is 29.7 Å². The van der Waals surface area contributed by atoms with Crippen LogP contribution in [-0.2, 0) is 19.0 Å². The van der Waals surface area contributed by atoms with Crippen molar-refractivity contribution >= 4 is 11.9 Å². The van der Waals surface area contributed by atoms with Gasteiger partial charge in [0, 0.05) is 31.0 Å². The van der Waals surface area contributed by atoms with Gasteiger partial charge in [0.05, 0.1) is 50.1 Å². The molecule has 1 amide bonds. The smallest absolute Gasteiger partial charge is 0.254 e. The third-order valence-electron chi connectivity index (χ3n) is 9.09. The van der Waals surface area contributed by atoms with Crippen LogP contribution in [0.15, 0.2) is 16.8 Å². The van der Waals surface area contributed by atoms with E-state index in [1.807, 2.05) is 0 Å². The summed E-state index contributed by atoms with van der Waals surface area (Å²) < 4.78 is 18.1. The van der Waals surface area contributed by atoms with Gasteiger partial charge in [0.15, 0.2) is 17.9 Å². The van der Waals surface area contributed by atoms with Crippen LogP contribution in [0.3, 0.4) is 0 Å². The number of likely N-dealkylation sites (N-methyl/N-ethyl adjacent to an activating group) is 1. The number of aliphatic hydroxyl groups excluding tert-OH is 4. The summed E-state index contributed by atoms with van der Waals surface area (Å²) in [6.45, 7) is 1.24. The number of nitrogens with zero attached hydrogens (tertiary/aromatic N) is 1. The lowest BCUT2D eigenvalue weighted by Crippen LogP contribution is -2.69. The molecule has 18 heteroatoms. The number of hydrogen-bond donors (Lipinski definition) is 13. The van der Waals surface area contributed by atoms with Crippen LogP contribution in [0.25, 0.3) is 0 Å². The Morgan fingerprint density at radius 3 is 2.58 bits per heavy atom. The van der Waals surface area contributed by atoms with Gasteiger partial charge in [-0.2, -0.15) is 0 Å². The number of aliphatic hydroxyl groups is 6. The quantitative estimate of drug-likeness (QED) is 0.0692. The van der Waals surface area contributed by atoms with Crippen LogP contribution in [0.4, 0.5) is 0 Å². The Morgan fingerprint density at radius 2 is 1.93 bits per heavy atom. The lowest BCUT2D eigenvalue weighted by atomic mass is 9.72. The molecule has 2 aliphatic carbocycles. The Hall–Kier alpha value is -2.20. The van der Waals surface area contributed by atoms with Crippen LogP contribution in [0, 0.1) is 5.92 Å². The zero-order valence-electron chi connectivity index (χ0n) is 25.5. The normalized spacial score (nSPS) is 43.9. The van der Waals surface area contributed by atoms with Gasteiger partial charge in [-0.3, -0.25) is 4.79 Å². The fourth-order valence-electron chi connectivity index (χ4n) is 6.49. The summed E-state index contributed by atoms with van der Waals surface area (Å²) in [6, 6.07) is -4.00. The third kappa shape index (κ3) is 7.86. The molecule has 14 atom stereocenters. The standard InChI is InChI=1S/C27H50N8O10/c1-26(41)10-43-23(19(39)22(26)32-2)45-21-15(34-24(40)27(42)6-16(27)35-25(30)31)5-14(29)17(18(21)38)20-13(28)4-3-12(44-20)8-33-7-11(37)9-36/h3,11,13-23,32-33,36-39,41-42H,4-10,28-29H2,1-2H3,(H,34,40)(H4,30,31,35). The lowest BCUT2D eigenvalue weighted by Gasteiger charge is -2.50. The van der Waals surface area contributed by atoms with Crippen molar-refractivity contribution in [3.8, 4) is 0 Å². The van der Waals surface area contributed by atoms with Gasteiger partial charge >= 0.3 is 0 Å². The fraction of sp³-hybridized carbons (Fsp3) is 0.852. The van der Waals surface area contributed by atoms with E-state index in [2.05, 4.69) is 20.9 Å². The van der Waals surface area contributed by atoms with Crippen molar-refractivity contribution in [1.82, 2.24) is 16.0 Å². The van der Waals surface area contributed by atoms with E-state index in [1.165, 1.54) is 6.92 Å². The molecule has 1 saturated heterocycles. The van der Waals surface area contributed by atoms with Gasteiger partial charge in [-0.25, -0.2) is 4.99 Å². The minimum Gasteiger partial charge on any atom is -0.492 e. The average Bonchev–Trinajstić information content (AvgIpc) is 3.62. The number of amides is 1. The third-order valence-corrected chi connectivity index (χ3v) is 9.09. The Bertz CT molecular complexity index is 1100. The second-order valence-electron chi connectivity index (χ2n) is 12.8. The molecule has 3 fully saturated rings. The van der Waals surface area contributed by atoms with Crippen LogP contribution >= 0.6 is 0 Å². The van der Waals surface area contributed by atoms with Crippen molar-refractivity contribution in [2.24, 2.45) is 33.8 Å². The summed E-state index contributed by atoms with van der Waals surface area (Å²) >= 11 is 0. The summed E-state index contributed by atoms with van der Waals surface area (Å²) in [5.74, 6) is -1.38. The second-order valence-corrected chi connectivity index (χ2v) is 12.8. The first kappa shape index (κ1) is 35.7. The highest BCUT2D eigenvalue weighted by Crippen LogP contribution is 2.41. The van der Waals surface area contributed by atoms with Crippen LogP contribution in [-0.4, -0.2) is 154 Å². The zero-order valence-corrected chi connectivity index (χ0v) is 25.5. The number of guanidine groups is 1. The van der Waals surface area contributed by atoms with E-state index in [0.29, 0.717) is 12.2 Å². The molecule has 0 aromatic rings. The number of nitrogens with one attached hydrogen (secondary N) is 3. The number of rotatable bonds is 12. The molecule has 45 heavy (non-hydrogen) atoms. The Labute approximate surface area is 261 Å². The van der Waals surface area contributed by atoms with E-state index in [9.17, 15) is 30.3 Å². The summed E-state index contributed by atoms with van der Waals surface area (Å²) in [5, 5.41) is 71.7. The van der Waals surface area contributed by atoms with Crippen molar-refractivity contribution in [3.63, 3.8) is 0 Å². The maximum absolute atomic E-state index is 13.2. The summed E-state index contributed by atoms with van der Waals surface area (Å²) in [7, 11) is 1.56. The SMILES string of the molecule is CNC1C(O)C(OC2C(NC(=O)C3(O)CC3N=C(N)N)CC(N)C(C3OC(CNCC(O)CO)=CCC3N)C2O)OCC1(C)O. The van der Waals surface area contributed by atoms with Gasteiger partial charge in [-0.05, 0) is 32.9 Å². The van der Waals surface area contributed by atoms with Gasteiger partial charge in [0.2, 0.25) is 0 Å². The summed E-state index contributed by atoms with van der Waals surface area (Å²) in [5.41, 5.74) is 20.6. The molecule has 0 radical (unpaired) electrons. The molecule has 18 nitrogen and oxygen atoms in total. The summed E-state index contributed by atoms with van der Waals surface area (Å²) in [4.78, 5) is 17.1. The maximum atomic E-state index is 13.2. The van der Waals surface area contributed by atoms with E-state index < -0.39 is 96.7 Å². The minimum absolute atomic E-state index is 0.0150. The van der Waals surface area contributed by atoms with E-state index in [4.69, 9.17) is 42.3 Å². The van der Waals surface area contributed by atoms with E-state index in [0.717, 1.165) is 0 Å². The summed E-state index contributed by atoms with van der Waals surface area (Å²) in [6.07, 6.45) is -4.85. The zero-order chi connectivity index (χ0) is 33.3. The van der Waals surface area contributed by atoms with Crippen LogP contribution < -0.4 is 38.9 Å². The number of carbonyl (C=O) groups is 1. The molecule has 4 aliphatic rings.